The summed E-state index contributed by atoms with van der Waals surface area (Å²) in [6.45, 7) is 1.43. The molecule has 1 aliphatic carbocycles. The van der Waals surface area contributed by atoms with Gasteiger partial charge in [0.1, 0.15) is 10.6 Å². The predicted octanol–water partition coefficient (Wildman–Crippen LogP) is 3.23. The van der Waals surface area contributed by atoms with Crippen LogP contribution in [0.3, 0.4) is 0 Å². The molecule has 0 aliphatic heterocycles. The quantitative estimate of drug-likeness (QED) is 0.892. The van der Waals surface area contributed by atoms with Gasteiger partial charge in [-0.3, -0.25) is 14.6 Å². The van der Waals surface area contributed by atoms with Crippen molar-refractivity contribution in [1.82, 2.24) is 14.7 Å². The van der Waals surface area contributed by atoms with E-state index in [1.54, 1.807) is 12.4 Å². The lowest BCUT2D eigenvalue weighted by Crippen LogP contribution is -2.36. The van der Waals surface area contributed by atoms with Crippen LogP contribution >= 0.6 is 11.5 Å². The van der Waals surface area contributed by atoms with E-state index in [1.165, 1.54) is 13.3 Å². The fraction of sp³-hybridized carbons (Fsp3) is 0.412. The molecule has 24 heavy (non-hydrogen) atoms. The average molecular weight is 344 g/mol. The summed E-state index contributed by atoms with van der Waals surface area (Å²) >= 11 is 1.11. The molecular formula is C17H20N4O2S. The molecule has 0 atom stereocenters. The number of carbonyl (C=O) groups excluding carboxylic acids is 2. The molecule has 2 amide bonds. The number of pyridine rings is 1. The Hall–Kier alpha value is -2.28. The standard InChI is InChI=1S/C17H20N4O2S/c1-11(22)19-15-14(12-7-9-18-10-8-12)21-24-16(15)17(23)20-13-5-3-2-4-6-13/h7-10,13H,2-6H2,1H3,(H,19,22)(H,20,23). The lowest BCUT2D eigenvalue weighted by atomic mass is 9.95. The first-order valence-corrected chi connectivity index (χ1v) is 8.91. The van der Waals surface area contributed by atoms with E-state index < -0.39 is 0 Å². The lowest BCUT2D eigenvalue weighted by molar-refractivity contribution is -0.114. The first kappa shape index (κ1) is 16.6. The summed E-state index contributed by atoms with van der Waals surface area (Å²) in [5.74, 6) is -0.388. The molecule has 1 fully saturated rings. The van der Waals surface area contributed by atoms with E-state index in [-0.39, 0.29) is 17.9 Å². The third kappa shape index (κ3) is 3.79. The lowest BCUT2D eigenvalue weighted by Gasteiger charge is -2.22. The summed E-state index contributed by atoms with van der Waals surface area (Å²) in [5.41, 5.74) is 1.90. The van der Waals surface area contributed by atoms with Crippen molar-refractivity contribution < 1.29 is 9.59 Å². The molecule has 2 aromatic rings. The van der Waals surface area contributed by atoms with Crippen molar-refractivity contribution in [1.29, 1.82) is 0 Å². The number of amides is 2. The number of anilines is 1. The zero-order valence-electron chi connectivity index (χ0n) is 13.5. The van der Waals surface area contributed by atoms with E-state index in [9.17, 15) is 9.59 Å². The molecule has 1 saturated carbocycles. The van der Waals surface area contributed by atoms with Crippen LogP contribution in [0.25, 0.3) is 11.3 Å². The monoisotopic (exact) mass is 344 g/mol. The minimum absolute atomic E-state index is 0.163. The van der Waals surface area contributed by atoms with Crippen molar-refractivity contribution in [2.24, 2.45) is 0 Å². The van der Waals surface area contributed by atoms with Crippen LogP contribution in [0.15, 0.2) is 24.5 Å². The molecule has 0 saturated heterocycles. The Morgan fingerprint density at radius 2 is 1.88 bits per heavy atom. The molecule has 0 aromatic carbocycles. The third-order valence-corrected chi connectivity index (χ3v) is 4.94. The second-order valence-electron chi connectivity index (χ2n) is 5.96. The van der Waals surface area contributed by atoms with Crippen molar-refractivity contribution in [3.8, 4) is 11.3 Å². The van der Waals surface area contributed by atoms with Gasteiger partial charge in [0.25, 0.3) is 5.91 Å². The van der Waals surface area contributed by atoms with Gasteiger partial charge >= 0.3 is 0 Å². The normalized spacial score (nSPS) is 15.0. The highest BCUT2D eigenvalue weighted by Gasteiger charge is 2.24. The molecule has 2 heterocycles. The van der Waals surface area contributed by atoms with E-state index in [1.807, 2.05) is 12.1 Å². The van der Waals surface area contributed by atoms with Gasteiger partial charge in [0.2, 0.25) is 5.91 Å². The van der Waals surface area contributed by atoms with Crippen molar-refractivity contribution in [2.45, 2.75) is 45.1 Å². The molecule has 7 heteroatoms. The topological polar surface area (TPSA) is 84.0 Å². The summed E-state index contributed by atoms with van der Waals surface area (Å²) < 4.78 is 4.39. The fourth-order valence-electron chi connectivity index (χ4n) is 2.94. The molecule has 1 aliphatic rings. The maximum Gasteiger partial charge on any atom is 0.265 e. The van der Waals surface area contributed by atoms with Crippen LogP contribution in [-0.2, 0) is 4.79 Å². The minimum Gasteiger partial charge on any atom is -0.348 e. The molecule has 2 N–H and O–H groups in total. The van der Waals surface area contributed by atoms with Crippen molar-refractivity contribution in [3.63, 3.8) is 0 Å². The largest absolute Gasteiger partial charge is 0.348 e. The zero-order valence-corrected chi connectivity index (χ0v) is 14.4. The molecule has 6 nitrogen and oxygen atoms in total. The smallest absolute Gasteiger partial charge is 0.265 e. The zero-order chi connectivity index (χ0) is 16.9. The van der Waals surface area contributed by atoms with Gasteiger partial charge in [0, 0.05) is 30.9 Å². The summed E-state index contributed by atoms with van der Waals surface area (Å²) in [7, 11) is 0. The van der Waals surface area contributed by atoms with Gasteiger partial charge in [-0.2, -0.15) is 4.37 Å². The maximum atomic E-state index is 12.7. The van der Waals surface area contributed by atoms with Crippen molar-refractivity contribution in [3.05, 3.63) is 29.4 Å². The Morgan fingerprint density at radius 1 is 1.17 bits per heavy atom. The number of rotatable bonds is 4. The Bertz CT molecular complexity index is 723. The minimum atomic E-state index is -0.225. The molecule has 0 bridgehead atoms. The molecule has 0 spiro atoms. The van der Waals surface area contributed by atoms with E-state index in [2.05, 4.69) is 20.0 Å². The predicted molar refractivity (Wildman–Crippen MR) is 94.0 cm³/mol. The van der Waals surface area contributed by atoms with Crippen LogP contribution in [0.2, 0.25) is 0 Å². The highest BCUT2D eigenvalue weighted by molar-refractivity contribution is 7.09. The van der Waals surface area contributed by atoms with Gasteiger partial charge in [-0.15, -0.1) is 0 Å². The van der Waals surface area contributed by atoms with E-state index in [0.29, 0.717) is 16.3 Å². The summed E-state index contributed by atoms with van der Waals surface area (Å²) in [4.78, 5) is 28.7. The molecule has 0 radical (unpaired) electrons. The fourth-order valence-corrected chi connectivity index (χ4v) is 3.70. The number of nitrogens with zero attached hydrogens (tertiary/aromatic N) is 2. The molecule has 0 unspecified atom stereocenters. The molecule has 126 valence electrons. The number of nitrogens with one attached hydrogen (secondary N) is 2. The van der Waals surface area contributed by atoms with Crippen LogP contribution in [0, 0.1) is 0 Å². The number of hydrogen-bond acceptors (Lipinski definition) is 5. The Labute approximate surface area is 144 Å². The summed E-state index contributed by atoms with van der Waals surface area (Å²) in [6, 6.07) is 3.83. The van der Waals surface area contributed by atoms with Gasteiger partial charge < -0.3 is 10.6 Å². The highest BCUT2D eigenvalue weighted by Crippen LogP contribution is 2.33. The van der Waals surface area contributed by atoms with Gasteiger partial charge in [0.15, 0.2) is 0 Å². The van der Waals surface area contributed by atoms with E-state index in [0.717, 1.165) is 42.8 Å². The van der Waals surface area contributed by atoms with Gasteiger partial charge in [0.05, 0.1) is 5.69 Å². The number of carbonyl (C=O) groups is 2. The van der Waals surface area contributed by atoms with Crippen molar-refractivity contribution >= 4 is 29.0 Å². The van der Waals surface area contributed by atoms with Gasteiger partial charge in [-0.25, -0.2) is 0 Å². The van der Waals surface area contributed by atoms with E-state index >= 15 is 0 Å². The van der Waals surface area contributed by atoms with Crippen LogP contribution in [-0.4, -0.2) is 27.2 Å². The Balaban J connectivity index is 1.88. The maximum absolute atomic E-state index is 12.7. The second kappa shape index (κ2) is 7.53. The molecular weight excluding hydrogens is 324 g/mol. The SMILES string of the molecule is CC(=O)Nc1c(-c2ccncc2)nsc1C(=O)NC1CCCCC1. The van der Waals surface area contributed by atoms with E-state index in [4.69, 9.17) is 0 Å². The number of hydrogen-bond donors (Lipinski definition) is 2. The van der Waals surface area contributed by atoms with Gasteiger partial charge in [-0.1, -0.05) is 19.3 Å². The van der Waals surface area contributed by atoms with Crippen LogP contribution < -0.4 is 10.6 Å². The van der Waals surface area contributed by atoms with Crippen molar-refractivity contribution in [2.75, 3.05) is 5.32 Å². The average Bonchev–Trinajstić information content (AvgIpc) is 2.99. The second-order valence-corrected chi connectivity index (χ2v) is 6.73. The van der Waals surface area contributed by atoms with Gasteiger partial charge in [-0.05, 0) is 36.5 Å². The first-order valence-electron chi connectivity index (χ1n) is 8.13. The molecule has 3 rings (SSSR count). The van der Waals surface area contributed by atoms with Crippen LogP contribution in [0.1, 0.15) is 48.7 Å². The Kier molecular flexibility index (Phi) is 5.20. The summed E-state index contributed by atoms with van der Waals surface area (Å²) in [5, 5.41) is 5.85. The Morgan fingerprint density at radius 3 is 2.54 bits per heavy atom. The highest BCUT2D eigenvalue weighted by atomic mass is 32.1. The number of aromatic nitrogens is 2. The summed E-state index contributed by atoms with van der Waals surface area (Å²) in [6.07, 6.45) is 8.87. The molecule has 2 aromatic heterocycles. The first-order chi connectivity index (χ1) is 11.6. The van der Waals surface area contributed by atoms with Crippen LogP contribution in [0.5, 0.6) is 0 Å². The third-order valence-electron chi connectivity index (χ3n) is 4.09. The van der Waals surface area contributed by atoms with Crippen LogP contribution in [0.4, 0.5) is 5.69 Å².